The molecule has 0 aromatic carbocycles. The van der Waals surface area contributed by atoms with Gasteiger partial charge in [0.15, 0.2) is 36.4 Å². The summed E-state index contributed by atoms with van der Waals surface area (Å²) in [4.78, 5) is 81.6. The van der Waals surface area contributed by atoms with E-state index in [1.165, 1.54) is 11.8 Å². The summed E-state index contributed by atoms with van der Waals surface area (Å²) in [5, 5.41) is 10.7. The first-order valence-electron chi connectivity index (χ1n) is 26.1. The average Bonchev–Trinajstić information content (AvgIpc) is 4.20. The lowest BCUT2D eigenvalue weighted by Gasteiger charge is -2.46. The Morgan fingerprint density at radius 1 is 0.630 bits per heavy atom. The molecule has 0 spiro atoms. The Kier molecular flexibility index (Phi) is 17.9. The number of piperidine rings is 2. The van der Waals surface area contributed by atoms with Gasteiger partial charge in [0.2, 0.25) is 11.8 Å². The number of ether oxygens (including phenoxy) is 9. The largest absolute Gasteiger partial charge is 0.457 e. The molecular formula is C50H78N8O15. The van der Waals surface area contributed by atoms with Crippen LogP contribution in [0.1, 0.15) is 114 Å². The van der Waals surface area contributed by atoms with Crippen molar-refractivity contribution < 1.29 is 71.7 Å². The van der Waals surface area contributed by atoms with Gasteiger partial charge in [-0.25, -0.2) is 22.7 Å². The lowest BCUT2D eigenvalue weighted by atomic mass is 9.87. The number of rotatable bonds is 13. The van der Waals surface area contributed by atoms with Crippen LogP contribution >= 0.6 is 0 Å². The fourth-order valence-electron chi connectivity index (χ4n) is 11.4. The first-order chi connectivity index (χ1) is 34.5. The molecular weight excluding hydrogens is 953 g/mol. The molecule has 0 unspecified atom stereocenters. The van der Waals surface area contributed by atoms with Crippen molar-refractivity contribution in [3.63, 3.8) is 0 Å². The van der Waals surface area contributed by atoms with Crippen LogP contribution < -0.4 is 0 Å². The quantitative estimate of drug-likeness (QED) is 0.159. The molecule has 0 aromatic heterocycles. The van der Waals surface area contributed by atoms with E-state index in [1.54, 1.807) is 56.2 Å². The van der Waals surface area contributed by atoms with Crippen LogP contribution in [0.25, 0.3) is 9.69 Å². The molecule has 8 aliphatic heterocycles. The number of esters is 1. The Balaban J connectivity index is 0.000000214. The molecule has 10 atom stereocenters. The van der Waals surface area contributed by atoms with Gasteiger partial charge in [-0.15, -0.1) is 0 Å². The Morgan fingerprint density at radius 2 is 1.04 bits per heavy atom. The van der Waals surface area contributed by atoms with E-state index < -0.39 is 102 Å². The topological polar surface area (TPSA) is 217 Å². The standard InChI is InChI=1S/C26H40N4O8.C24H38N4O7/c1-7-34-24(33)30(16-20(32)29-12-8-9-19(29)27-6)26(5)10-13-28(14-11-26)15-18-21(35-17(2)31)22-23(36-18)38-25(3,4)37-22;1-6-32-22(31)28(15-18(29)27-11-7-8-17(27)25-5)24(4)9-12-26(13-10-24)14-16-19(30)20-21(33-16)35-23(2,3)34-20/h18-19,21-23H,7-16H2,1-5H3;16-17,19-21,30H,6-15H2,1-4H3/t18-,19+,21+,22-,23-;16-,17+,19+,20-,21-/m11/s1. The summed E-state index contributed by atoms with van der Waals surface area (Å²) in [6, 6.07) is 0. The van der Waals surface area contributed by atoms with Crippen LogP contribution in [0.2, 0.25) is 0 Å². The molecule has 1 N–H and O–H groups in total. The van der Waals surface area contributed by atoms with Crippen molar-refractivity contribution in [3.05, 3.63) is 22.8 Å². The molecule has 23 heteroatoms. The number of likely N-dealkylation sites (tertiary alicyclic amines) is 4. The number of amides is 4. The fraction of sp³-hybridized carbons (Fsp3) is 0.860. The number of nitrogens with zero attached hydrogens (tertiary/aromatic N) is 8. The van der Waals surface area contributed by atoms with Crippen LogP contribution in [0.5, 0.6) is 0 Å². The number of carbonyl (C=O) groups excluding carboxylic acids is 5. The minimum Gasteiger partial charge on any atom is -0.457 e. The molecule has 23 nitrogen and oxygen atoms in total. The highest BCUT2D eigenvalue weighted by Crippen LogP contribution is 2.41. The van der Waals surface area contributed by atoms with Crippen LogP contribution in [0.4, 0.5) is 9.59 Å². The van der Waals surface area contributed by atoms with Crippen molar-refractivity contribution >= 4 is 30.0 Å². The van der Waals surface area contributed by atoms with Gasteiger partial charge >= 0.3 is 30.5 Å². The summed E-state index contributed by atoms with van der Waals surface area (Å²) in [5.41, 5.74) is -1.15. The SMILES string of the molecule is [C-]#[N+][C@@H]1CCCN1C(=O)CN(C(=O)OCC)C1(C)CCN(C[C@H]2O[C@@H]3OC(C)(C)O[C@@H]3[C@H]2O)CC1.[C-]#[N+][C@@H]1CCCN1C(=O)CN(C(=O)OCC)C1(C)CCN(C[C@H]2O[C@@H]3OC(C)(C)O[C@@H]3[C@H]2OC(C)=O)CC1. The van der Waals surface area contributed by atoms with Crippen molar-refractivity contribution in [1.29, 1.82) is 0 Å². The van der Waals surface area contributed by atoms with Crippen molar-refractivity contribution in [2.24, 2.45) is 0 Å². The van der Waals surface area contributed by atoms with Gasteiger partial charge in [-0.3, -0.25) is 43.7 Å². The van der Waals surface area contributed by atoms with E-state index >= 15 is 0 Å². The smallest absolute Gasteiger partial charge is 0.410 e. The second kappa shape index (κ2) is 23.2. The van der Waals surface area contributed by atoms with Gasteiger partial charge in [0.05, 0.1) is 13.2 Å². The predicted octanol–water partition coefficient (Wildman–Crippen LogP) is 3.38. The second-order valence-electron chi connectivity index (χ2n) is 21.7. The van der Waals surface area contributed by atoms with Crippen molar-refractivity contribution in [3.8, 4) is 0 Å². The lowest BCUT2D eigenvalue weighted by Crippen LogP contribution is -2.59. The second-order valence-corrected chi connectivity index (χ2v) is 21.7. The molecule has 0 bridgehead atoms. The number of fused-ring (bicyclic) bond motifs is 2. The van der Waals surface area contributed by atoms with E-state index in [9.17, 15) is 29.1 Å². The van der Waals surface area contributed by atoms with Gasteiger partial charge in [-0.1, -0.05) is 0 Å². The number of aliphatic hydroxyl groups excluding tert-OH is 1. The Morgan fingerprint density at radius 3 is 1.45 bits per heavy atom. The van der Waals surface area contributed by atoms with E-state index in [0.29, 0.717) is 90.9 Å². The Bertz CT molecular complexity index is 2070. The third-order valence-corrected chi connectivity index (χ3v) is 15.5. The minimum atomic E-state index is -0.816. The van der Waals surface area contributed by atoms with E-state index in [-0.39, 0.29) is 38.1 Å². The summed E-state index contributed by atoms with van der Waals surface area (Å²) in [5.74, 6) is -2.43. The monoisotopic (exact) mass is 1030 g/mol. The van der Waals surface area contributed by atoms with E-state index in [4.69, 9.17) is 55.8 Å². The van der Waals surface area contributed by atoms with Gasteiger partial charge in [-0.05, 0) is 93.9 Å². The zero-order chi connectivity index (χ0) is 53.0. The molecule has 8 heterocycles. The number of aliphatic hydroxyl groups is 1. The first-order valence-corrected chi connectivity index (χ1v) is 26.1. The summed E-state index contributed by atoms with van der Waals surface area (Å²) < 4.78 is 51.6. The van der Waals surface area contributed by atoms with Gasteiger partial charge in [0.25, 0.3) is 0 Å². The normalized spacial score (nSPS) is 32.8. The summed E-state index contributed by atoms with van der Waals surface area (Å²) >= 11 is 0. The summed E-state index contributed by atoms with van der Waals surface area (Å²) in [7, 11) is 0. The zero-order valence-corrected chi connectivity index (χ0v) is 44.2. The molecule has 73 heavy (non-hydrogen) atoms. The Labute approximate surface area is 429 Å². The summed E-state index contributed by atoms with van der Waals surface area (Å²) in [6.45, 7) is 35.7. The first kappa shape index (κ1) is 56.3. The van der Waals surface area contributed by atoms with Crippen LogP contribution in [0, 0.1) is 13.1 Å². The third-order valence-electron chi connectivity index (χ3n) is 15.5. The molecule has 8 saturated heterocycles. The highest BCUT2D eigenvalue weighted by molar-refractivity contribution is 5.84. The van der Waals surface area contributed by atoms with Crippen molar-refractivity contribution in [1.82, 2.24) is 29.4 Å². The molecule has 8 fully saturated rings. The Hall–Kier alpha value is -4.43. The molecule has 4 amide bonds. The lowest BCUT2D eigenvalue weighted by molar-refractivity contribution is -0.220. The van der Waals surface area contributed by atoms with Crippen LogP contribution in [-0.4, -0.2) is 227 Å². The van der Waals surface area contributed by atoms with Crippen molar-refractivity contribution in [2.45, 2.75) is 198 Å². The molecule has 8 aliphatic rings. The maximum atomic E-state index is 13.1. The molecule has 8 rings (SSSR count). The predicted molar refractivity (Wildman–Crippen MR) is 257 cm³/mol. The van der Waals surface area contributed by atoms with Crippen LogP contribution in [0.15, 0.2) is 0 Å². The van der Waals surface area contributed by atoms with Crippen LogP contribution in [0.3, 0.4) is 0 Å². The number of hydrogen-bond acceptors (Lipinski definition) is 17. The van der Waals surface area contributed by atoms with E-state index in [1.807, 2.05) is 13.8 Å². The number of carbonyl (C=O) groups is 5. The zero-order valence-electron chi connectivity index (χ0n) is 44.2. The van der Waals surface area contributed by atoms with E-state index in [0.717, 1.165) is 12.8 Å². The molecule has 0 aliphatic carbocycles. The van der Waals surface area contributed by atoms with Gasteiger partial charge in [0, 0.05) is 83.2 Å². The van der Waals surface area contributed by atoms with Crippen molar-refractivity contribution in [2.75, 3.05) is 78.7 Å². The highest BCUT2D eigenvalue weighted by atomic mass is 16.8. The fourth-order valence-corrected chi connectivity index (χ4v) is 11.4. The minimum absolute atomic E-state index is 0.0976. The maximum absolute atomic E-state index is 13.1. The number of hydrogen-bond donors (Lipinski definition) is 1. The molecule has 408 valence electrons. The summed E-state index contributed by atoms with van der Waals surface area (Å²) in [6.07, 6.45) is -0.885. The molecule has 0 radical (unpaired) electrons. The van der Waals surface area contributed by atoms with Gasteiger partial charge in [-0.2, -0.15) is 0 Å². The van der Waals surface area contributed by atoms with E-state index in [2.05, 4.69) is 19.5 Å². The maximum Gasteiger partial charge on any atom is 0.410 e. The molecule has 0 aromatic rings. The average molecular weight is 1030 g/mol. The van der Waals surface area contributed by atoms with Gasteiger partial charge < -0.3 is 57.5 Å². The highest BCUT2D eigenvalue weighted by Gasteiger charge is 2.58. The van der Waals surface area contributed by atoms with Crippen LogP contribution in [-0.2, 0) is 57.0 Å². The third kappa shape index (κ3) is 13.0. The molecule has 0 saturated carbocycles. The van der Waals surface area contributed by atoms with Gasteiger partial charge in [0.1, 0.15) is 37.5 Å².